The van der Waals surface area contributed by atoms with E-state index in [2.05, 4.69) is 15.9 Å². The van der Waals surface area contributed by atoms with E-state index in [1.165, 1.54) is 6.42 Å². The molecule has 19 heavy (non-hydrogen) atoms. The van der Waals surface area contributed by atoms with Crippen LogP contribution >= 0.6 is 27.5 Å². The first kappa shape index (κ1) is 15.2. The van der Waals surface area contributed by atoms with E-state index in [1.807, 2.05) is 0 Å². The Hall–Kier alpha value is -0.160. The summed E-state index contributed by atoms with van der Waals surface area (Å²) in [6.45, 7) is 0. The topological polar surface area (TPSA) is 35.2 Å². The Balaban J connectivity index is 2.37. The summed E-state index contributed by atoms with van der Waals surface area (Å²) < 4.78 is 20.5. The summed E-state index contributed by atoms with van der Waals surface area (Å²) in [5, 5.41) is 0.0787. The third-order valence-electron chi connectivity index (χ3n) is 4.07. The van der Waals surface area contributed by atoms with Crippen molar-refractivity contribution >= 4 is 27.5 Å². The molecule has 1 atom stereocenters. The van der Waals surface area contributed by atoms with E-state index >= 15 is 0 Å². The highest BCUT2D eigenvalue weighted by atomic mass is 79.9. The van der Waals surface area contributed by atoms with Crippen molar-refractivity contribution in [2.24, 2.45) is 5.73 Å². The van der Waals surface area contributed by atoms with Crippen LogP contribution in [0.25, 0.3) is 0 Å². The van der Waals surface area contributed by atoms with E-state index in [1.54, 1.807) is 19.2 Å². The fraction of sp³-hybridized carbons (Fsp3) is 0.571. The van der Waals surface area contributed by atoms with Crippen LogP contribution in [-0.4, -0.2) is 12.7 Å². The van der Waals surface area contributed by atoms with Crippen molar-refractivity contribution < 1.29 is 9.13 Å². The first-order chi connectivity index (χ1) is 9.02. The molecule has 0 bridgehead atoms. The number of methoxy groups -OCH3 is 1. The molecular weight excluding hydrogens is 333 g/mol. The third kappa shape index (κ3) is 2.82. The van der Waals surface area contributed by atoms with Gasteiger partial charge in [0.15, 0.2) is 0 Å². The number of hydrogen-bond donors (Lipinski definition) is 1. The van der Waals surface area contributed by atoms with E-state index in [9.17, 15) is 4.39 Å². The summed E-state index contributed by atoms with van der Waals surface area (Å²) in [5.74, 6) is -0.453. The molecule has 1 aliphatic rings. The standard InChI is InChI=1S/C14H18BrClFNO/c1-19-14(7-3-2-4-8-14)13(18)9-5-6-10(15)11(16)12(9)17/h5-6,13H,2-4,7-8,18H2,1H3. The van der Waals surface area contributed by atoms with Gasteiger partial charge in [0.25, 0.3) is 0 Å². The molecule has 1 aromatic carbocycles. The summed E-state index contributed by atoms with van der Waals surface area (Å²) >= 11 is 9.15. The summed E-state index contributed by atoms with van der Waals surface area (Å²) in [5.41, 5.74) is 6.25. The zero-order chi connectivity index (χ0) is 14.0. The second kappa shape index (κ2) is 6.08. The number of benzene rings is 1. The molecule has 106 valence electrons. The molecule has 2 nitrogen and oxygen atoms in total. The molecular formula is C14H18BrClFNO. The maximum absolute atomic E-state index is 14.3. The lowest BCUT2D eigenvalue weighted by atomic mass is 9.77. The van der Waals surface area contributed by atoms with Gasteiger partial charge in [0.05, 0.1) is 16.7 Å². The average Bonchev–Trinajstić information content (AvgIpc) is 2.45. The van der Waals surface area contributed by atoms with Crippen molar-refractivity contribution in [3.63, 3.8) is 0 Å². The number of rotatable bonds is 3. The molecule has 0 aliphatic heterocycles. The van der Waals surface area contributed by atoms with E-state index in [0.717, 1.165) is 25.7 Å². The zero-order valence-electron chi connectivity index (χ0n) is 10.9. The Morgan fingerprint density at radius 1 is 1.37 bits per heavy atom. The van der Waals surface area contributed by atoms with Gasteiger partial charge in [0.1, 0.15) is 5.82 Å². The quantitative estimate of drug-likeness (QED) is 0.809. The van der Waals surface area contributed by atoms with Gasteiger partial charge < -0.3 is 10.5 Å². The van der Waals surface area contributed by atoms with Crippen molar-refractivity contribution in [1.82, 2.24) is 0 Å². The summed E-state index contributed by atoms with van der Waals surface area (Å²) in [6.07, 6.45) is 5.03. The van der Waals surface area contributed by atoms with Crippen LogP contribution in [0.1, 0.15) is 43.7 Å². The minimum atomic E-state index is -0.497. The van der Waals surface area contributed by atoms with Crippen LogP contribution < -0.4 is 5.73 Å². The van der Waals surface area contributed by atoms with Gasteiger partial charge >= 0.3 is 0 Å². The monoisotopic (exact) mass is 349 g/mol. The van der Waals surface area contributed by atoms with Crippen molar-refractivity contribution in [3.05, 3.63) is 33.0 Å². The Morgan fingerprint density at radius 3 is 2.58 bits per heavy atom. The molecule has 0 heterocycles. The lowest BCUT2D eigenvalue weighted by molar-refractivity contribution is -0.0602. The van der Waals surface area contributed by atoms with E-state index in [-0.39, 0.29) is 5.02 Å². The van der Waals surface area contributed by atoms with Gasteiger partial charge in [-0.05, 0) is 34.8 Å². The van der Waals surface area contributed by atoms with Gasteiger partial charge in [-0.1, -0.05) is 36.9 Å². The Bertz CT molecular complexity index is 463. The van der Waals surface area contributed by atoms with Crippen LogP contribution in [0.4, 0.5) is 4.39 Å². The molecule has 1 fully saturated rings. The largest absolute Gasteiger partial charge is 0.376 e. The second-order valence-electron chi connectivity index (χ2n) is 5.07. The van der Waals surface area contributed by atoms with Gasteiger partial charge in [0.2, 0.25) is 0 Å². The van der Waals surface area contributed by atoms with Crippen molar-refractivity contribution in [1.29, 1.82) is 0 Å². The minimum Gasteiger partial charge on any atom is -0.376 e. The molecule has 0 saturated heterocycles. The Labute approximate surface area is 126 Å². The summed E-state index contributed by atoms with van der Waals surface area (Å²) in [4.78, 5) is 0. The molecule has 0 radical (unpaired) electrons. The highest BCUT2D eigenvalue weighted by molar-refractivity contribution is 9.10. The molecule has 1 saturated carbocycles. The predicted octanol–water partition coefficient (Wildman–Crippen LogP) is 4.59. The van der Waals surface area contributed by atoms with Gasteiger partial charge in [-0.15, -0.1) is 0 Å². The highest BCUT2D eigenvalue weighted by Gasteiger charge is 2.40. The van der Waals surface area contributed by atoms with Crippen LogP contribution in [0.5, 0.6) is 0 Å². The molecule has 2 rings (SSSR count). The van der Waals surface area contributed by atoms with Crippen LogP contribution in [-0.2, 0) is 4.74 Å². The third-order valence-corrected chi connectivity index (χ3v) is 5.33. The summed E-state index contributed by atoms with van der Waals surface area (Å²) in [6, 6.07) is 2.92. The van der Waals surface area contributed by atoms with E-state index in [4.69, 9.17) is 22.1 Å². The van der Waals surface area contributed by atoms with Crippen molar-refractivity contribution in [2.45, 2.75) is 43.7 Å². The van der Waals surface area contributed by atoms with Crippen LogP contribution in [0, 0.1) is 5.82 Å². The number of nitrogens with two attached hydrogens (primary N) is 1. The van der Waals surface area contributed by atoms with E-state index < -0.39 is 17.5 Å². The van der Waals surface area contributed by atoms with Gasteiger partial charge in [-0.2, -0.15) is 0 Å². The van der Waals surface area contributed by atoms with Crippen LogP contribution in [0.2, 0.25) is 5.02 Å². The van der Waals surface area contributed by atoms with E-state index in [0.29, 0.717) is 10.0 Å². The zero-order valence-corrected chi connectivity index (χ0v) is 13.2. The number of ether oxygens (including phenoxy) is 1. The average molecular weight is 351 g/mol. The molecule has 0 aromatic heterocycles. The molecule has 1 unspecified atom stereocenters. The first-order valence-electron chi connectivity index (χ1n) is 6.46. The van der Waals surface area contributed by atoms with Crippen LogP contribution in [0.15, 0.2) is 16.6 Å². The SMILES string of the molecule is COC1(C(N)c2ccc(Br)c(Cl)c2F)CCCCC1. The minimum absolute atomic E-state index is 0.0787. The number of hydrogen-bond acceptors (Lipinski definition) is 2. The predicted molar refractivity (Wildman–Crippen MR) is 78.9 cm³/mol. The fourth-order valence-electron chi connectivity index (χ4n) is 2.86. The molecule has 2 N–H and O–H groups in total. The lowest BCUT2D eigenvalue weighted by Crippen LogP contribution is -2.45. The first-order valence-corrected chi connectivity index (χ1v) is 7.63. The van der Waals surface area contributed by atoms with Crippen molar-refractivity contribution in [3.8, 4) is 0 Å². The number of halogens is 3. The maximum atomic E-state index is 14.3. The van der Waals surface area contributed by atoms with Crippen LogP contribution in [0.3, 0.4) is 0 Å². The maximum Gasteiger partial charge on any atom is 0.147 e. The fourth-order valence-corrected chi connectivity index (χ4v) is 3.34. The van der Waals surface area contributed by atoms with Gasteiger partial charge in [-0.25, -0.2) is 4.39 Å². The molecule has 0 amide bonds. The van der Waals surface area contributed by atoms with Gasteiger partial charge in [0, 0.05) is 17.1 Å². The molecule has 5 heteroatoms. The molecule has 0 spiro atoms. The summed E-state index contributed by atoms with van der Waals surface area (Å²) in [7, 11) is 1.66. The molecule has 1 aromatic rings. The smallest absolute Gasteiger partial charge is 0.147 e. The lowest BCUT2D eigenvalue weighted by Gasteiger charge is -2.41. The van der Waals surface area contributed by atoms with Gasteiger partial charge in [-0.3, -0.25) is 0 Å². The Kier molecular flexibility index (Phi) is 4.88. The second-order valence-corrected chi connectivity index (χ2v) is 6.30. The Morgan fingerprint density at radius 2 is 2.00 bits per heavy atom. The highest BCUT2D eigenvalue weighted by Crippen LogP contribution is 2.42. The molecule has 1 aliphatic carbocycles. The van der Waals surface area contributed by atoms with Crippen molar-refractivity contribution in [2.75, 3.05) is 7.11 Å². The normalized spacial score (nSPS) is 20.3.